The van der Waals surface area contributed by atoms with Crippen molar-refractivity contribution >= 4 is 0 Å². The Balaban J connectivity index is 1.76. The van der Waals surface area contributed by atoms with Gasteiger partial charge in [-0.2, -0.15) is 31.4 Å². The fourth-order valence-electron chi connectivity index (χ4n) is 3.20. The minimum Gasteiger partial charge on any atom is -0.375 e. The first kappa shape index (κ1) is 23.7. The number of rotatable bonds is 8. The number of aromatic nitrogens is 3. The Hall–Kier alpha value is -2.92. The van der Waals surface area contributed by atoms with Gasteiger partial charge >= 0.3 is 12.4 Å². The Morgan fingerprint density at radius 2 is 1.59 bits per heavy atom. The summed E-state index contributed by atoms with van der Waals surface area (Å²) < 4.78 is 84.0. The molecule has 3 aromatic rings. The number of hydrogen-bond acceptors (Lipinski definition) is 4. The van der Waals surface area contributed by atoms with Gasteiger partial charge in [-0.15, -0.1) is 0 Å². The molecule has 5 nitrogen and oxygen atoms in total. The van der Waals surface area contributed by atoms with Gasteiger partial charge in [-0.05, 0) is 36.4 Å². The molecule has 0 aliphatic heterocycles. The number of hydrogen-bond donors (Lipinski definition) is 1. The molecule has 0 radical (unpaired) electrons. The number of ether oxygens (including phenoxy) is 1. The normalized spacial score (nSPS) is 13.5. The second-order valence-corrected chi connectivity index (χ2v) is 7.20. The van der Waals surface area contributed by atoms with Crippen LogP contribution in [0.25, 0.3) is 0 Å². The molecule has 172 valence electrons. The lowest BCUT2D eigenvalue weighted by atomic mass is 10.0. The number of halogens is 6. The van der Waals surface area contributed by atoms with Crippen LogP contribution in [-0.2, 0) is 30.2 Å². The average molecular weight is 458 g/mol. The summed E-state index contributed by atoms with van der Waals surface area (Å²) in [5.74, 6) is 0.598. The zero-order valence-electron chi connectivity index (χ0n) is 16.9. The van der Waals surface area contributed by atoms with Crippen molar-refractivity contribution in [1.82, 2.24) is 20.1 Å². The third-order valence-electron chi connectivity index (χ3n) is 4.77. The zero-order valence-corrected chi connectivity index (χ0v) is 16.9. The van der Waals surface area contributed by atoms with Crippen molar-refractivity contribution in [3.63, 3.8) is 0 Å². The van der Waals surface area contributed by atoms with E-state index in [0.29, 0.717) is 24.5 Å². The van der Waals surface area contributed by atoms with Gasteiger partial charge in [-0.3, -0.25) is 10.00 Å². The number of nitrogens with one attached hydrogen (secondary N) is 1. The molecular weight excluding hydrogens is 438 g/mol. The Labute approximate surface area is 180 Å². The Morgan fingerprint density at radius 3 is 2.12 bits per heavy atom. The Bertz CT molecular complexity index is 958. The summed E-state index contributed by atoms with van der Waals surface area (Å²) in [7, 11) is 1.80. The lowest BCUT2D eigenvalue weighted by Crippen LogP contribution is -2.28. The van der Waals surface area contributed by atoms with Crippen molar-refractivity contribution in [1.29, 1.82) is 0 Å². The standard InChI is InChI=1S/C21H20F6N4O/c1-31(10-19-28-13-29-30-19)18(15-5-3-2-4-6-15)12-32-11-14-7-16(20(22,23)24)9-17(8-14)21(25,26)27/h2-9,13,18H,10-12H2,1H3,(H,28,29,30)/t18-/m1/s1. The molecule has 0 aliphatic rings. The molecule has 0 saturated carbocycles. The first-order chi connectivity index (χ1) is 15.0. The summed E-state index contributed by atoms with van der Waals surface area (Å²) in [4.78, 5) is 5.96. The molecule has 0 amide bonds. The molecule has 32 heavy (non-hydrogen) atoms. The number of benzene rings is 2. The van der Waals surface area contributed by atoms with Crippen molar-refractivity contribution in [2.24, 2.45) is 0 Å². The van der Waals surface area contributed by atoms with E-state index < -0.39 is 30.1 Å². The highest BCUT2D eigenvalue weighted by atomic mass is 19.4. The maximum atomic E-state index is 13.1. The van der Waals surface area contributed by atoms with Crippen molar-refractivity contribution in [2.75, 3.05) is 13.7 Å². The van der Waals surface area contributed by atoms with Crippen LogP contribution in [0.1, 0.15) is 34.1 Å². The highest BCUT2D eigenvalue weighted by molar-refractivity contribution is 5.33. The molecule has 0 spiro atoms. The predicted molar refractivity (Wildman–Crippen MR) is 103 cm³/mol. The molecule has 1 N–H and O–H groups in total. The van der Waals surface area contributed by atoms with Crippen LogP contribution in [0.15, 0.2) is 54.9 Å². The molecule has 1 heterocycles. The van der Waals surface area contributed by atoms with Crippen LogP contribution >= 0.6 is 0 Å². The van der Waals surface area contributed by atoms with Gasteiger partial charge < -0.3 is 4.74 Å². The maximum absolute atomic E-state index is 13.1. The fraction of sp³-hybridized carbons (Fsp3) is 0.333. The topological polar surface area (TPSA) is 54.0 Å². The van der Waals surface area contributed by atoms with Crippen LogP contribution in [0.2, 0.25) is 0 Å². The van der Waals surface area contributed by atoms with Gasteiger partial charge in [0.05, 0.1) is 36.9 Å². The van der Waals surface area contributed by atoms with E-state index in [1.54, 1.807) is 7.05 Å². The van der Waals surface area contributed by atoms with Gasteiger partial charge in [-0.1, -0.05) is 30.3 Å². The largest absolute Gasteiger partial charge is 0.416 e. The molecule has 1 atom stereocenters. The fourth-order valence-corrected chi connectivity index (χ4v) is 3.20. The second kappa shape index (κ2) is 9.70. The molecular formula is C21H20F6N4O. The van der Waals surface area contributed by atoms with E-state index in [2.05, 4.69) is 15.2 Å². The zero-order chi connectivity index (χ0) is 23.4. The Morgan fingerprint density at radius 1 is 0.969 bits per heavy atom. The number of likely N-dealkylation sites (N-methyl/N-ethyl adjacent to an activating group) is 1. The number of alkyl halides is 6. The van der Waals surface area contributed by atoms with Gasteiger partial charge in [0.2, 0.25) is 0 Å². The van der Waals surface area contributed by atoms with E-state index in [0.717, 1.165) is 5.56 Å². The van der Waals surface area contributed by atoms with Gasteiger partial charge in [0.15, 0.2) is 0 Å². The minimum absolute atomic E-state index is 0.0340. The van der Waals surface area contributed by atoms with Crippen molar-refractivity contribution in [2.45, 2.75) is 31.5 Å². The summed E-state index contributed by atoms with van der Waals surface area (Å²) in [6.45, 7) is 0.00340. The van der Waals surface area contributed by atoms with Crippen molar-refractivity contribution in [3.05, 3.63) is 82.9 Å². The van der Waals surface area contributed by atoms with Crippen LogP contribution in [0.5, 0.6) is 0 Å². The number of aromatic amines is 1. The van der Waals surface area contributed by atoms with Crippen molar-refractivity contribution < 1.29 is 31.1 Å². The highest BCUT2D eigenvalue weighted by Gasteiger charge is 2.36. The van der Waals surface area contributed by atoms with E-state index in [1.807, 2.05) is 35.2 Å². The van der Waals surface area contributed by atoms with Gasteiger partial charge in [0.1, 0.15) is 12.2 Å². The summed E-state index contributed by atoms with van der Waals surface area (Å²) in [6, 6.07) is 10.3. The SMILES string of the molecule is CN(Cc1ncn[nH]1)[C@H](COCc1cc(C(F)(F)F)cc(C(F)(F)F)c1)c1ccccc1. The lowest BCUT2D eigenvalue weighted by Gasteiger charge is -2.27. The highest BCUT2D eigenvalue weighted by Crippen LogP contribution is 2.36. The number of H-pyrrole nitrogens is 1. The lowest BCUT2D eigenvalue weighted by molar-refractivity contribution is -0.143. The van der Waals surface area contributed by atoms with Crippen molar-refractivity contribution in [3.8, 4) is 0 Å². The summed E-state index contributed by atoms with van der Waals surface area (Å²) in [5, 5.41) is 6.53. The molecule has 0 bridgehead atoms. The molecule has 0 unspecified atom stereocenters. The number of nitrogens with zero attached hydrogens (tertiary/aromatic N) is 3. The molecule has 0 fully saturated rings. The monoisotopic (exact) mass is 458 g/mol. The van der Waals surface area contributed by atoms with Gasteiger partial charge in [-0.25, -0.2) is 4.98 Å². The first-order valence-corrected chi connectivity index (χ1v) is 9.49. The second-order valence-electron chi connectivity index (χ2n) is 7.20. The predicted octanol–water partition coefficient (Wildman–Crippen LogP) is 5.23. The molecule has 3 rings (SSSR count). The van der Waals surface area contributed by atoms with E-state index in [-0.39, 0.29) is 24.3 Å². The summed E-state index contributed by atoms with van der Waals surface area (Å²) in [6.07, 6.45) is -8.44. The third-order valence-corrected chi connectivity index (χ3v) is 4.77. The van der Waals surface area contributed by atoms with E-state index in [9.17, 15) is 26.3 Å². The third kappa shape index (κ3) is 6.30. The first-order valence-electron chi connectivity index (χ1n) is 9.49. The smallest absolute Gasteiger partial charge is 0.375 e. The minimum atomic E-state index is -4.90. The van der Waals surface area contributed by atoms with Crippen LogP contribution < -0.4 is 0 Å². The summed E-state index contributed by atoms with van der Waals surface area (Å²) in [5.41, 5.74) is -2.08. The van der Waals surface area contributed by atoms with Crippen LogP contribution in [-0.4, -0.2) is 33.7 Å². The van der Waals surface area contributed by atoms with Gasteiger partial charge in [0, 0.05) is 0 Å². The van der Waals surface area contributed by atoms with Gasteiger partial charge in [0.25, 0.3) is 0 Å². The maximum Gasteiger partial charge on any atom is 0.416 e. The van der Waals surface area contributed by atoms with Crippen LogP contribution in [0.3, 0.4) is 0 Å². The molecule has 1 aromatic heterocycles. The summed E-state index contributed by atoms with van der Waals surface area (Å²) >= 11 is 0. The van der Waals surface area contributed by atoms with Crippen LogP contribution in [0, 0.1) is 0 Å². The molecule has 11 heteroatoms. The van der Waals surface area contributed by atoms with Crippen LogP contribution in [0.4, 0.5) is 26.3 Å². The molecule has 0 aliphatic carbocycles. The van der Waals surface area contributed by atoms with E-state index in [4.69, 9.17) is 4.74 Å². The average Bonchev–Trinajstić information content (AvgIpc) is 3.23. The molecule has 0 saturated heterocycles. The van der Waals surface area contributed by atoms with E-state index >= 15 is 0 Å². The molecule has 2 aromatic carbocycles. The Kier molecular flexibility index (Phi) is 7.19. The quantitative estimate of drug-likeness (QED) is 0.470. The van der Waals surface area contributed by atoms with E-state index in [1.165, 1.54) is 6.33 Å².